The second-order valence-corrected chi connectivity index (χ2v) is 4.51. The van der Waals surface area contributed by atoms with Gasteiger partial charge in [0.25, 0.3) is 0 Å². The lowest BCUT2D eigenvalue weighted by Gasteiger charge is -1.99. The van der Waals surface area contributed by atoms with Crippen LogP contribution in [0.1, 0.15) is 12.2 Å². The van der Waals surface area contributed by atoms with Crippen molar-refractivity contribution in [3.05, 3.63) is 36.3 Å². The second kappa shape index (κ2) is 5.55. The Hall–Kier alpha value is -1.73. The molecule has 0 bridgehead atoms. The first-order valence-electron chi connectivity index (χ1n) is 5.38. The average Bonchev–Trinajstić information content (AvgIpc) is 2.85. The van der Waals surface area contributed by atoms with Crippen LogP contribution in [-0.2, 0) is 6.42 Å². The van der Waals surface area contributed by atoms with Crippen molar-refractivity contribution >= 4 is 11.8 Å². The van der Waals surface area contributed by atoms with E-state index in [-0.39, 0.29) is 0 Å². The predicted molar refractivity (Wildman–Crippen MR) is 69.7 cm³/mol. The van der Waals surface area contributed by atoms with Gasteiger partial charge in [-0.1, -0.05) is 12.1 Å². The summed E-state index contributed by atoms with van der Waals surface area (Å²) < 4.78 is 0. The molecule has 0 amide bonds. The summed E-state index contributed by atoms with van der Waals surface area (Å²) in [7, 11) is 0. The molecular weight excluding hydrogens is 230 g/mol. The van der Waals surface area contributed by atoms with Gasteiger partial charge in [0.1, 0.15) is 5.82 Å². The van der Waals surface area contributed by atoms with E-state index in [0.29, 0.717) is 12.8 Å². The summed E-state index contributed by atoms with van der Waals surface area (Å²) in [4.78, 5) is 8.74. The molecule has 0 spiro atoms. The maximum atomic E-state index is 8.52. The number of hydrogen-bond donors (Lipinski definition) is 1. The Morgan fingerprint density at radius 1 is 1.35 bits per heavy atom. The van der Waals surface area contributed by atoms with Gasteiger partial charge in [-0.3, -0.25) is 0 Å². The van der Waals surface area contributed by atoms with Gasteiger partial charge in [-0.2, -0.15) is 5.26 Å². The highest BCUT2D eigenvalue weighted by Gasteiger charge is 2.03. The molecule has 1 aromatic carbocycles. The number of hydrogen-bond acceptors (Lipinski definition) is 3. The highest BCUT2D eigenvalue weighted by Crippen LogP contribution is 2.21. The molecule has 0 unspecified atom stereocenters. The Balaban J connectivity index is 2.16. The zero-order valence-electron chi connectivity index (χ0n) is 9.60. The van der Waals surface area contributed by atoms with Gasteiger partial charge >= 0.3 is 0 Å². The van der Waals surface area contributed by atoms with E-state index in [4.69, 9.17) is 5.26 Å². The van der Waals surface area contributed by atoms with E-state index in [1.807, 2.05) is 6.20 Å². The van der Waals surface area contributed by atoms with E-state index in [9.17, 15) is 0 Å². The van der Waals surface area contributed by atoms with E-state index < -0.39 is 0 Å². The number of H-pyrrole nitrogens is 1. The minimum absolute atomic E-state index is 0.498. The molecule has 0 saturated carbocycles. The number of imidazole rings is 1. The number of rotatable bonds is 4. The van der Waals surface area contributed by atoms with Gasteiger partial charge in [0.2, 0.25) is 0 Å². The van der Waals surface area contributed by atoms with Crippen LogP contribution in [-0.4, -0.2) is 16.2 Å². The molecular formula is C13H13N3S. The molecule has 0 radical (unpaired) electrons. The molecule has 1 heterocycles. The minimum Gasteiger partial charge on any atom is -0.342 e. The maximum Gasteiger partial charge on any atom is 0.107 e. The molecule has 0 atom stereocenters. The van der Waals surface area contributed by atoms with Crippen molar-refractivity contribution in [3.8, 4) is 17.3 Å². The van der Waals surface area contributed by atoms with Gasteiger partial charge < -0.3 is 4.98 Å². The summed E-state index contributed by atoms with van der Waals surface area (Å²) in [5.41, 5.74) is 2.13. The van der Waals surface area contributed by atoms with Crippen molar-refractivity contribution < 1.29 is 0 Å². The van der Waals surface area contributed by atoms with Crippen molar-refractivity contribution in [2.75, 3.05) is 6.26 Å². The number of nitrogens with zero attached hydrogens (tertiary/aromatic N) is 2. The third kappa shape index (κ3) is 2.89. The zero-order chi connectivity index (χ0) is 12.1. The number of aryl methyl sites for hydroxylation is 1. The standard InChI is InChI=1S/C13H13N3S/c1-17-11-6-4-10(5-7-11)12-9-15-13(16-12)3-2-8-14/h4-7,9H,2-3H2,1H3,(H,15,16). The molecule has 0 aliphatic carbocycles. The van der Waals surface area contributed by atoms with E-state index in [0.717, 1.165) is 17.1 Å². The van der Waals surface area contributed by atoms with Gasteiger partial charge in [0.05, 0.1) is 18.0 Å². The minimum atomic E-state index is 0.498. The molecule has 0 saturated heterocycles. The number of benzene rings is 1. The van der Waals surface area contributed by atoms with Crippen LogP contribution in [0, 0.1) is 11.3 Å². The number of aromatic nitrogens is 2. The molecule has 0 aliphatic rings. The Labute approximate surface area is 105 Å². The van der Waals surface area contributed by atoms with E-state index >= 15 is 0 Å². The van der Waals surface area contributed by atoms with Crippen molar-refractivity contribution in [2.45, 2.75) is 17.7 Å². The fraction of sp³-hybridized carbons (Fsp3) is 0.231. The molecule has 0 aliphatic heterocycles. The number of thioether (sulfide) groups is 1. The van der Waals surface area contributed by atoms with Crippen LogP contribution in [0.4, 0.5) is 0 Å². The summed E-state index contributed by atoms with van der Waals surface area (Å²) in [6, 6.07) is 10.5. The van der Waals surface area contributed by atoms with E-state index in [1.54, 1.807) is 11.8 Å². The summed E-state index contributed by atoms with van der Waals surface area (Å²) in [6.07, 6.45) is 5.06. The average molecular weight is 243 g/mol. The van der Waals surface area contributed by atoms with Crippen molar-refractivity contribution in [1.29, 1.82) is 5.26 Å². The highest BCUT2D eigenvalue weighted by atomic mass is 32.2. The lowest BCUT2D eigenvalue weighted by molar-refractivity contribution is 0.918. The van der Waals surface area contributed by atoms with Crippen LogP contribution in [0.2, 0.25) is 0 Å². The summed E-state index contributed by atoms with van der Waals surface area (Å²) in [6.45, 7) is 0. The third-order valence-corrected chi connectivity index (χ3v) is 3.25. The molecule has 3 nitrogen and oxygen atoms in total. The molecule has 1 aromatic heterocycles. The van der Waals surface area contributed by atoms with Crippen LogP contribution in [0.25, 0.3) is 11.3 Å². The summed E-state index contributed by atoms with van der Waals surface area (Å²) in [5, 5.41) is 8.52. The third-order valence-electron chi connectivity index (χ3n) is 2.50. The topological polar surface area (TPSA) is 52.5 Å². The monoisotopic (exact) mass is 243 g/mol. The quantitative estimate of drug-likeness (QED) is 0.839. The number of nitriles is 1. The first-order valence-corrected chi connectivity index (χ1v) is 6.61. The molecule has 86 valence electrons. The van der Waals surface area contributed by atoms with Crippen LogP contribution in [0.5, 0.6) is 0 Å². The largest absolute Gasteiger partial charge is 0.342 e. The van der Waals surface area contributed by atoms with E-state index in [2.05, 4.69) is 46.6 Å². The predicted octanol–water partition coefficient (Wildman–Crippen LogP) is 3.25. The molecule has 4 heteroatoms. The normalized spacial score (nSPS) is 10.1. The lowest BCUT2D eigenvalue weighted by atomic mass is 10.2. The molecule has 2 aromatic rings. The smallest absolute Gasteiger partial charge is 0.107 e. The Bertz CT molecular complexity index is 522. The van der Waals surface area contributed by atoms with Gasteiger partial charge in [0.15, 0.2) is 0 Å². The van der Waals surface area contributed by atoms with Crippen molar-refractivity contribution in [2.24, 2.45) is 0 Å². The van der Waals surface area contributed by atoms with Crippen molar-refractivity contribution in [1.82, 2.24) is 9.97 Å². The first kappa shape index (κ1) is 11.7. The summed E-state index contributed by atoms with van der Waals surface area (Å²) in [5.74, 6) is 0.871. The second-order valence-electron chi connectivity index (χ2n) is 3.63. The Kier molecular flexibility index (Phi) is 3.84. The van der Waals surface area contributed by atoms with Crippen LogP contribution in [0.3, 0.4) is 0 Å². The lowest BCUT2D eigenvalue weighted by Crippen LogP contribution is -1.86. The van der Waals surface area contributed by atoms with Gasteiger partial charge in [0, 0.05) is 17.7 Å². The van der Waals surface area contributed by atoms with Gasteiger partial charge in [-0.05, 0) is 24.0 Å². The van der Waals surface area contributed by atoms with Crippen LogP contribution < -0.4 is 0 Å². The van der Waals surface area contributed by atoms with Crippen molar-refractivity contribution in [3.63, 3.8) is 0 Å². The number of aromatic amines is 1. The first-order chi connectivity index (χ1) is 8.33. The SMILES string of the molecule is CSc1ccc(-c2cnc(CCC#N)[nH]2)cc1. The maximum absolute atomic E-state index is 8.52. The molecule has 0 fully saturated rings. The molecule has 1 N–H and O–H groups in total. The fourth-order valence-electron chi connectivity index (χ4n) is 1.58. The zero-order valence-corrected chi connectivity index (χ0v) is 10.4. The molecule has 2 rings (SSSR count). The Morgan fingerprint density at radius 3 is 2.76 bits per heavy atom. The molecule has 17 heavy (non-hydrogen) atoms. The van der Waals surface area contributed by atoms with Gasteiger partial charge in [-0.15, -0.1) is 11.8 Å². The van der Waals surface area contributed by atoms with Crippen LogP contribution >= 0.6 is 11.8 Å². The Morgan fingerprint density at radius 2 is 2.12 bits per heavy atom. The van der Waals surface area contributed by atoms with E-state index in [1.165, 1.54) is 4.90 Å². The van der Waals surface area contributed by atoms with Crippen LogP contribution in [0.15, 0.2) is 35.4 Å². The van der Waals surface area contributed by atoms with Gasteiger partial charge in [-0.25, -0.2) is 4.98 Å². The summed E-state index contributed by atoms with van der Waals surface area (Å²) >= 11 is 1.73. The highest BCUT2D eigenvalue weighted by molar-refractivity contribution is 7.98. The fourth-order valence-corrected chi connectivity index (χ4v) is 1.99. The number of nitrogens with one attached hydrogen (secondary N) is 1.